The SMILES string of the molecule is CC(=O)N1CCC(=NOc2nc3oc(=O)cc(Cc4cccc(F)c4)c3c(=O)[nH]2)CC1. The van der Waals surface area contributed by atoms with Gasteiger partial charge in [-0.1, -0.05) is 17.3 Å². The van der Waals surface area contributed by atoms with E-state index in [0.29, 0.717) is 37.1 Å². The second-order valence-corrected chi connectivity index (χ2v) is 7.20. The van der Waals surface area contributed by atoms with Crippen LogP contribution in [-0.4, -0.2) is 39.6 Å². The third-order valence-corrected chi connectivity index (χ3v) is 5.01. The summed E-state index contributed by atoms with van der Waals surface area (Å²) in [5.41, 5.74) is 0.230. The number of amides is 1. The van der Waals surface area contributed by atoms with Crippen LogP contribution in [0.2, 0.25) is 0 Å². The Kier molecular flexibility index (Phi) is 5.61. The van der Waals surface area contributed by atoms with Crippen LogP contribution in [0.1, 0.15) is 30.9 Å². The highest BCUT2D eigenvalue weighted by molar-refractivity contribution is 5.87. The zero-order valence-corrected chi connectivity index (χ0v) is 16.7. The van der Waals surface area contributed by atoms with Crippen LogP contribution in [0.25, 0.3) is 11.1 Å². The van der Waals surface area contributed by atoms with E-state index in [2.05, 4.69) is 15.1 Å². The summed E-state index contributed by atoms with van der Waals surface area (Å²) < 4.78 is 18.6. The molecule has 160 valence electrons. The van der Waals surface area contributed by atoms with Crippen molar-refractivity contribution in [3.63, 3.8) is 0 Å². The highest BCUT2D eigenvalue weighted by Gasteiger charge is 2.18. The molecular formula is C21H19FN4O5. The van der Waals surface area contributed by atoms with E-state index in [9.17, 15) is 18.8 Å². The molecule has 4 rings (SSSR count). The molecule has 10 heteroatoms. The first kappa shape index (κ1) is 20.5. The molecule has 1 N–H and O–H groups in total. The predicted octanol–water partition coefficient (Wildman–Crippen LogP) is 1.98. The third-order valence-electron chi connectivity index (χ3n) is 5.01. The van der Waals surface area contributed by atoms with Gasteiger partial charge in [-0.3, -0.25) is 14.6 Å². The van der Waals surface area contributed by atoms with Crippen LogP contribution in [0.15, 0.2) is 49.5 Å². The lowest BCUT2D eigenvalue weighted by molar-refractivity contribution is -0.128. The van der Waals surface area contributed by atoms with E-state index in [4.69, 9.17) is 9.25 Å². The number of H-pyrrole nitrogens is 1. The Hall–Kier alpha value is -3.82. The molecule has 3 aromatic rings. The van der Waals surface area contributed by atoms with Gasteiger partial charge in [-0.25, -0.2) is 9.18 Å². The van der Waals surface area contributed by atoms with Gasteiger partial charge in [0.05, 0.1) is 5.71 Å². The molecule has 31 heavy (non-hydrogen) atoms. The van der Waals surface area contributed by atoms with Crippen LogP contribution in [0, 0.1) is 5.82 Å². The second-order valence-electron chi connectivity index (χ2n) is 7.20. The molecule has 0 spiro atoms. The molecular weight excluding hydrogens is 407 g/mol. The van der Waals surface area contributed by atoms with Crippen LogP contribution in [0.4, 0.5) is 4.39 Å². The van der Waals surface area contributed by atoms with Gasteiger partial charge in [-0.05, 0) is 29.7 Å². The first-order valence-electron chi connectivity index (χ1n) is 9.69. The average Bonchev–Trinajstić information content (AvgIpc) is 2.72. The van der Waals surface area contributed by atoms with Gasteiger partial charge in [0, 0.05) is 38.9 Å². The van der Waals surface area contributed by atoms with Crippen molar-refractivity contribution in [3.8, 4) is 6.01 Å². The predicted molar refractivity (Wildman–Crippen MR) is 110 cm³/mol. The van der Waals surface area contributed by atoms with E-state index in [1.807, 2.05) is 0 Å². The summed E-state index contributed by atoms with van der Waals surface area (Å²) in [6.45, 7) is 2.59. The molecule has 2 aromatic heterocycles. The smallest absolute Gasteiger partial charge is 0.337 e. The summed E-state index contributed by atoms with van der Waals surface area (Å²) in [5, 5.41) is 4.08. The van der Waals surface area contributed by atoms with E-state index in [1.165, 1.54) is 25.1 Å². The number of likely N-dealkylation sites (tertiary alicyclic amines) is 1. The number of hydrogen-bond acceptors (Lipinski definition) is 7. The number of carbonyl (C=O) groups is 1. The number of halogens is 1. The number of aromatic amines is 1. The number of nitrogens with zero attached hydrogens (tertiary/aromatic N) is 3. The molecule has 0 bridgehead atoms. The van der Waals surface area contributed by atoms with E-state index in [1.54, 1.807) is 17.0 Å². The molecule has 0 aliphatic carbocycles. The van der Waals surface area contributed by atoms with Crippen molar-refractivity contribution >= 4 is 22.7 Å². The number of nitrogens with one attached hydrogen (secondary N) is 1. The first-order valence-corrected chi connectivity index (χ1v) is 9.69. The Bertz CT molecular complexity index is 1290. The lowest BCUT2D eigenvalue weighted by Crippen LogP contribution is -2.37. The normalized spacial score (nSPS) is 14.0. The summed E-state index contributed by atoms with van der Waals surface area (Å²) in [6, 6.07) is 6.85. The maximum Gasteiger partial charge on any atom is 0.337 e. The Morgan fingerprint density at radius 3 is 2.77 bits per heavy atom. The first-order chi connectivity index (χ1) is 14.9. The zero-order valence-electron chi connectivity index (χ0n) is 16.7. The van der Waals surface area contributed by atoms with Gasteiger partial charge in [-0.2, -0.15) is 4.98 Å². The summed E-state index contributed by atoms with van der Waals surface area (Å²) in [7, 11) is 0. The number of hydrogen-bond donors (Lipinski definition) is 1. The quantitative estimate of drug-likeness (QED) is 0.638. The van der Waals surface area contributed by atoms with Crippen LogP contribution in [0.3, 0.4) is 0 Å². The lowest BCUT2D eigenvalue weighted by atomic mass is 10.0. The van der Waals surface area contributed by atoms with Crippen molar-refractivity contribution in [1.29, 1.82) is 0 Å². The van der Waals surface area contributed by atoms with Gasteiger partial charge in [0.15, 0.2) is 0 Å². The van der Waals surface area contributed by atoms with Crippen molar-refractivity contribution in [2.24, 2.45) is 5.16 Å². The van der Waals surface area contributed by atoms with Gasteiger partial charge in [-0.15, -0.1) is 0 Å². The van der Waals surface area contributed by atoms with E-state index >= 15 is 0 Å². The molecule has 9 nitrogen and oxygen atoms in total. The topological polar surface area (TPSA) is 118 Å². The van der Waals surface area contributed by atoms with Gasteiger partial charge in [0.25, 0.3) is 5.56 Å². The molecule has 1 aromatic carbocycles. The van der Waals surface area contributed by atoms with Gasteiger partial charge >= 0.3 is 11.6 Å². The largest absolute Gasteiger partial charge is 0.403 e. The van der Waals surface area contributed by atoms with Gasteiger partial charge in [0.1, 0.15) is 11.2 Å². The number of aromatic nitrogens is 2. The Morgan fingerprint density at radius 2 is 2.06 bits per heavy atom. The van der Waals surface area contributed by atoms with Crippen molar-refractivity contribution in [2.75, 3.05) is 13.1 Å². The molecule has 1 aliphatic heterocycles. The van der Waals surface area contributed by atoms with Crippen LogP contribution in [-0.2, 0) is 11.2 Å². The van der Waals surface area contributed by atoms with Crippen molar-refractivity contribution in [1.82, 2.24) is 14.9 Å². The molecule has 1 fully saturated rings. The fourth-order valence-corrected chi connectivity index (χ4v) is 3.46. The standard InChI is InChI=1S/C21H19FN4O5/c1-12(27)26-7-5-16(6-8-26)25-31-21-23-19(29)18-14(11-17(28)30-20(18)24-21)9-13-3-2-4-15(22)10-13/h2-4,10-11H,5-9H2,1H3,(H,23,24,29). The minimum atomic E-state index is -0.689. The minimum absolute atomic E-state index is 0.00423. The summed E-state index contributed by atoms with van der Waals surface area (Å²) in [4.78, 5) is 49.5. The highest BCUT2D eigenvalue weighted by atomic mass is 19.1. The van der Waals surface area contributed by atoms with Crippen molar-refractivity contribution in [2.45, 2.75) is 26.2 Å². The summed E-state index contributed by atoms with van der Waals surface area (Å²) >= 11 is 0. The van der Waals surface area contributed by atoms with E-state index < -0.39 is 17.0 Å². The zero-order chi connectivity index (χ0) is 22.0. The average molecular weight is 426 g/mol. The fraction of sp³-hybridized carbons (Fsp3) is 0.286. The van der Waals surface area contributed by atoms with E-state index in [-0.39, 0.29) is 29.4 Å². The number of carbonyl (C=O) groups excluding carboxylic acids is 1. The molecule has 0 radical (unpaired) electrons. The molecule has 0 unspecified atom stereocenters. The fourth-order valence-electron chi connectivity index (χ4n) is 3.46. The number of piperidine rings is 1. The maximum atomic E-state index is 13.5. The summed E-state index contributed by atoms with van der Waals surface area (Å²) in [5.74, 6) is -0.412. The number of oxime groups is 1. The van der Waals surface area contributed by atoms with Crippen molar-refractivity contribution in [3.05, 3.63) is 68.0 Å². The number of benzene rings is 1. The Morgan fingerprint density at radius 1 is 1.29 bits per heavy atom. The summed E-state index contributed by atoms with van der Waals surface area (Å²) in [6.07, 6.45) is 1.24. The molecule has 0 saturated carbocycles. The van der Waals surface area contributed by atoms with E-state index in [0.717, 1.165) is 5.71 Å². The molecule has 1 amide bonds. The monoisotopic (exact) mass is 426 g/mol. The second kappa shape index (κ2) is 8.50. The van der Waals surface area contributed by atoms with Gasteiger partial charge in [0.2, 0.25) is 11.6 Å². The van der Waals surface area contributed by atoms with Crippen LogP contribution < -0.4 is 16.0 Å². The molecule has 0 atom stereocenters. The highest BCUT2D eigenvalue weighted by Crippen LogP contribution is 2.18. The molecule has 1 saturated heterocycles. The molecule has 1 aliphatic rings. The lowest BCUT2D eigenvalue weighted by Gasteiger charge is -2.25. The van der Waals surface area contributed by atoms with Crippen LogP contribution in [0.5, 0.6) is 6.01 Å². The van der Waals surface area contributed by atoms with Crippen molar-refractivity contribution < 1.29 is 18.4 Å². The molecule has 3 heterocycles. The number of fused-ring (bicyclic) bond motifs is 1. The third kappa shape index (κ3) is 4.68. The Balaban J connectivity index is 1.60. The van der Waals surface area contributed by atoms with Crippen LogP contribution >= 0.6 is 0 Å². The number of rotatable bonds is 4. The maximum absolute atomic E-state index is 13.5. The Labute approximate surface area is 175 Å². The minimum Gasteiger partial charge on any atom is -0.403 e. The van der Waals surface area contributed by atoms with Gasteiger partial charge < -0.3 is 14.2 Å².